The smallest absolute Gasteiger partial charge is 0.329 e. The van der Waals surface area contributed by atoms with Crippen molar-refractivity contribution in [1.29, 1.82) is 0 Å². The lowest BCUT2D eigenvalue weighted by Crippen LogP contribution is -2.40. The third-order valence-electron chi connectivity index (χ3n) is 3.50. The summed E-state index contributed by atoms with van der Waals surface area (Å²) in [6.07, 6.45) is 3.46. The van der Waals surface area contributed by atoms with E-state index in [-0.39, 0.29) is 13.1 Å². The fraction of sp³-hybridized carbons (Fsp3) is 0.105. The Bertz CT molecular complexity index is 825. The monoisotopic (exact) mass is 466 g/mol. The first-order valence-electron chi connectivity index (χ1n) is 8.75. The molecule has 0 spiro atoms. The van der Waals surface area contributed by atoms with Crippen LogP contribution in [0, 0.1) is 0 Å². The summed E-state index contributed by atoms with van der Waals surface area (Å²) in [6.45, 7) is 0.568. The van der Waals surface area contributed by atoms with E-state index >= 15 is 0 Å². The molecule has 2 aromatic carbocycles. The Hall–Kier alpha value is -3.31. The summed E-state index contributed by atoms with van der Waals surface area (Å²) in [5.41, 5.74) is 11.7. The Labute approximate surface area is 189 Å². The van der Waals surface area contributed by atoms with Crippen molar-refractivity contribution in [2.75, 3.05) is 0 Å². The van der Waals surface area contributed by atoms with Gasteiger partial charge in [0.05, 0.1) is 13.1 Å². The number of primary amides is 2. The number of urea groups is 2. The molecule has 166 valence electrons. The van der Waals surface area contributed by atoms with Crippen LogP contribution in [0.15, 0.2) is 67.0 Å². The number of hydrazine groups is 2. The van der Waals surface area contributed by atoms with Gasteiger partial charge in [0.2, 0.25) is 0 Å². The van der Waals surface area contributed by atoms with Crippen molar-refractivity contribution in [3.63, 3.8) is 0 Å². The number of halogens is 2. The van der Waals surface area contributed by atoms with Crippen molar-refractivity contribution in [2.45, 2.75) is 13.1 Å². The van der Waals surface area contributed by atoms with Crippen molar-refractivity contribution in [3.8, 4) is 0 Å². The first-order chi connectivity index (χ1) is 14.7. The summed E-state index contributed by atoms with van der Waals surface area (Å²) in [4.78, 5) is 21.1. The number of nitrogens with one attached hydrogen (secondary N) is 1. The number of H-pyrrole nitrogens is 1. The summed E-state index contributed by atoms with van der Waals surface area (Å²) < 4.78 is 0. The standard InChI is InChI=1S/2C8H10ClN3O.C3H4N2/c2*9-7-3-1-6(2-4-7)5-12(11)8(10)13;1-2-4-5-3-1/h2*1-4H,5,11H2,(H2,10,13);1-3H,(H,4,5). The number of nitrogens with two attached hydrogens (primary N) is 4. The Balaban J connectivity index is 0.000000254. The molecule has 1 aromatic heterocycles. The van der Waals surface area contributed by atoms with E-state index in [0.29, 0.717) is 10.0 Å². The number of hydrogen-bond donors (Lipinski definition) is 5. The van der Waals surface area contributed by atoms with Crippen LogP contribution >= 0.6 is 23.2 Å². The van der Waals surface area contributed by atoms with Crippen molar-refractivity contribution in [3.05, 3.63) is 88.2 Å². The van der Waals surface area contributed by atoms with Gasteiger partial charge < -0.3 is 11.5 Å². The number of nitrogens with zero attached hydrogens (tertiary/aromatic N) is 3. The second-order valence-corrected chi connectivity index (χ2v) is 6.82. The number of aromatic nitrogens is 2. The van der Waals surface area contributed by atoms with Crippen LogP contribution in [0.3, 0.4) is 0 Å². The van der Waals surface area contributed by atoms with Gasteiger partial charge >= 0.3 is 12.1 Å². The molecular formula is C19H24Cl2N8O2. The number of carbonyl (C=O) groups excluding carboxylic acids is 2. The highest BCUT2D eigenvalue weighted by Crippen LogP contribution is 2.11. The third-order valence-corrected chi connectivity index (χ3v) is 4.01. The average Bonchev–Trinajstić information content (AvgIpc) is 3.32. The van der Waals surface area contributed by atoms with Gasteiger partial charge in [-0.2, -0.15) is 5.10 Å². The predicted octanol–water partition coefficient (Wildman–Crippen LogP) is 2.60. The Morgan fingerprint density at radius 2 is 1.19 bits per heavy atom. The molecular weight excluding hydrogens is 443 g/mol. The zero-order chi connectivity index (χ0) is 23.2. The molecule has 0 radical (unpaired) electrons. The second kappa shape index (κ2) is 13.8. The molecule has 0 bridgehead atoms. The summed E-state index contributed by atoms with van der Waals surface area (Å²) >= 11 is 11.3. The minimum atomic E-state index is -0.657. The van der Waals surface area contributed by atoms with Crippen LogP contribution in [-0.2, 0) is 13.1 Å². The number of rotatable bonds is 4. The van der Waals surface area contributed by atoms with E-state index in [0.717, 1.165) is 21.1 Å². The molecule has 0 unspecified atom stereocenters. The van der Waals surface area contributed by atoms with Crippen LogP contribution in [-0.4, -0.2) is 32.3 Å². The van der Waals surface area contributed by atoms with Crippen molar-refractivity contribution >= 4 is 35.3 Å². The van der Waals surface area contributed by atoms with Crippen molar-refractivity contribution < 1.29 is 9.59 Å². The van der Waals surface area contributed by atoms with Gasteiger partial charge in [0, 0.05) is 22.4 Å². The minimum Gasteiger partial charge on any atom is -0.350 e. The first kappa shape index (κ1) is 25.7. The van der Waals surface area contributed by atoms with Crippen molar-refractivity contribution in [2.24, 2.45) is 23.2 Å². The zero-order valence-corrected chi connectivity index (χ0v) is 18.0. The van der Waals surface area contributed by atoms with E-state index in [1.54, 1.807) is 60.9 Å². The number of carbonyl (C=O) groups is 2. The maximum Gasteiger partial charge on any atom is 0.329 e. The van der Waals surface area contributed by atoms with Crippen LogP contribution in [0.1, 0.15) is 11.1 Å². The van der Waals surface area contributed by atoms with E-state index in [1.165, 1.54) is 0 Å². The maximum atomic E-state index is 10.6. The molecule has 9 N–H and O–H groups in total. The highest BCUT2D eigenvalue weighted by atomic mass is 35.5. The fourth-order valence-electron chi connectivity index (χ4n) is 1.94. The van der Waals surface area contributed by atoms with E-state index in [4.69, 9.17) is 46.4 Å². The number of aromatic amines is 1. The van der Waals surface area contributed by atoms with Gasteiger partial charge in [-0.1, -0.05) is 47.5 Å². The zero-order valence-electron chi connectivity index (χ0n) is 16.5. The van der Waals surface area contributed by atoms with Gasteiger partial charge in [-0.3, -0.25) is 15.1 Å². The number of benzene rings is 2. The normalized spacial score (nSPS) is 9.42. The van der Waals surface area contributed by atoms with Crippen LogP contribution in [0.25, 0.3) is 0 Å². The summed E-state index contributed by atoms with van der Waals surface area (Å²) in [6, 6.07) is 14.6. The average molecular weight is 467 g/mol. The molecule has 4 amide bonds. The number of hydrogen-bond acceptors (Lipinski definition) is 5. The Morgan fingerprint density at radius 1 is 0.806 bits per heavy atom. The molecule has 0 saturated heterocycles. The molecule has 0 aliphatic carbocycles. The molecule has 0 fully saturated rings. The molecule has 12 heteroatoms. The van der Waals surface area contributed by atoms with Gasteiger partial charge in [0.15, 0.2) is 0 Å². The molecule has 3 rings (SSSR count). The van der Waals surface area contributed by atoms with Gasteiger partial charge in [-0.05, 0) is 41.5 Å². The number of amides is 4. The predicted molar refractivity (Wildman–Crippen MR) is 120 cm³/mol. The van der Waals surface area contributed by atoms with Crippen LogP contribution in [0.5, 0.6) is 0 Å². The lowest BCUT2D eigenvalue weighted by Gasteiger charge is -2.13. The minimum absolute atomic E-state index is 0.284. The highest BCUT2D eigenvalue weighted by molar-refractivity contribution is 6.30. The van der Waals surface area contributed by atoms with E-state index in [2.05, 4.69) is 10.2 Å². The summed E-state index contributed by atoms with van der Waals surface area (Å²) in [5.74, 6) is 10.6. The van der Waals surface area contributed by atoms with Crippen LogP contribution < -0.4 is 23.2 Å². The largest absolute Gasteiger partial charge is 0.350 e. The van der Waals surface area contributed by atoms with Crippen molar-refractivity contribution in [1.82, 2.24) is 20.2 Å². The SMILES string of the molecule is NC(=O)N(N)Cc1ccc(Cl)cc1.NC(=O)N(N)Cc1ccc(Cl)cc1.c1cn[nH]c1. The fourth-order valence-corrected chi connectivity index (χ4v) is 2.20. The molecule has 0 aliphatic rings. The van der Waals surface area contributed by atoms with Gasteiger partial charge in [0.1, 0.15) is 0 Å². The first-order valence-corrected chi connectivity index (χ1v) is 9.50. The van der Waals surface area contributed by atoms with Gasteiger partial charge in [-0.15, -0.1) is 0 Å². The van der Waals surface area contributed by atoms with E-state index < -0.39 is 12.1 Å². The third kappa shape index (κ3) is 11.5. The van der Waals surface area contributed by atoms with Crippen LogP contribution in [0.2, 0.25) is 10.0 Å². The molecule has 3 aromatic rings. The van der Waals surface area contributed by atoms with E-state index in [1.807, 2.05) is 6.07 Å². The molecule has 1 heterocycles. The van der Waals surface area contributed by atoms with Gasteiger partial charge in [0.25, 0.3) is 0 Å². The maximum absolute atomic E-state index is 10.6. The second-order valence-electron chi connectivity index (χ2n) is 5.95. The lowest BCUT2D eigenvalue weighted by molar-refractivity contribution is 0.205. The highest BCUT2D eigenvalue weighted by Gasteiger charge is 2.04. The molecule has 0 atom stereocenters. The summed E-state index contributed by atoms with van der Waals surface area (Å²) in [5, 5.41) is 9.37. The molecule has 0 aliphatic heterocycles. The van der Waals surface area contributed by atoms with Gasteiger partial charge in [-0.25, -0.2) is 21.3 Å². The molecule has 31 heavy (non-hydrogen) atoms. The molecule has 0 saturated carbocycles. The lowest BCUT2D eigenvalue weighted by atomic mass is 10.2. The molecule has 10 nitrogen and oxygen atoms in total. The Kier molecular flexibility index (Phi) is 11.5. The van der Waals surface area contributed by atoms with Crippen LogP contribution in [0.4, 0.5) is 9.59 Å². The topological polar surface area (TPSA) is 173 Å². The quantitative estimate of drug-likeness (QED) is 0.225. The Morgan fingerprint density at radius 3 is 1.42 bits per heavy atom. The summed E-state index contributed by atoms with van der Waals surface area (Å²) in [7, 11) is 0. The van der Waals surface area contributed by atoms with E-state index in [9.17, 15) is 9.59 Å².